The van der Waals surface area contributed by atoms with Gasteiger partial charge >= 0.3 is 5.97 Å². The van der Waals surface area contributed by atoms with Gasteiger partial charge in [-0.3, -0.25) is 4.79 Å². The molecule has 1 amide bonds. The molecule has 1 aromatic carbocycles. The van der Waals surface area contributed by atoms with Gasteiger partial charge in [-0.15, -0.1) is 11.8 Å². The minimum Gasteiger partial charge on any atom is -0.478 e. The van der Waals surface area contributed by atoms with Gasteiger partial charge in [0.25, 0.3) is 0 Å². The molecular weight excluding hydrogens is 314 g/mol. The van der Waals surface area contributed by atoms with Gasteiger partial charge in [0.05, 0.1) is 6.54 Å². The number of carbonyl (C=O) groups is 2. The summed E-state index contributed by atoms with van der Waals surface area (Å²) in [6.07, 6.45) is 0.418. The maximum Gasteiger partial charge on any atom is 0.339 e. The van der Waals surface area contributed by atoms with E-state index >= 15 is 0 Å². The van der Waals surface area contributed by atoms with Crippen LogP contribution in [0.25, 0.3) is 0 Å². The first kappa shape index (κ1) is 17.1. The minimum absolute atomic E-state index is 0.000593. The Morgan fingerprint density at radius 3 is 2.57 bits per heavy atom. The maximum absolute atomic E-state index is 12.1. The summed E-state index contributed by atoms with van der Waals surface area (Å²) in [5.41, 5.74) is 0.139. The first-order valence-corrected chi connectivity index (χ1v) is 8.20. The van der Waals surface area contributed by atoms with Crippen molar-refractivity contribution >= 4 is 23.6 Å². The molecule has 0 saturated heterocycles. The number of aromatic carboxylic acids is 1. The molecule has 0 spiro atoms. The third-order valence-corrected chi connectivity index (χ3v) is 4.36. The van der Waals surface area contributed by atoms with Crippen molar-refractivity contribution in [3.05, 3.63) is 53.5 Å². The lowest BCUT2D eigenvalue weighted by Gasteiger charge is -2.15. The number of carbonyl (C=O) groups excluding carboxylic acids is 1. The van der Waals surface area contributed by atoms with Crippen LogP contribution in [0, 0.1) is 6.92 Å². The van der Waals surface area contributed by atoms with Gasteiger partial charge in [-0.05, 0) is 25.1 Å². The molecular formula is C17H19NO4S. The topological polar surface area (TPSA) is 70.8 Å². The Bertz CT molecular complexity index is 681. The van der Waals surface area contributed by atoms with Gasteiger partial charge in [0.1, 0.15) is 17.1 Å². The molecule has 6 heteroatoms. The molecule has 0 aliphatic heterocycles. The number of carboxylic acid groups (broad SMARTS) is 1. The van der Waals surface area contributed by atoms with E-state index < -0.39 is 5.97 Å². The van der Waals surface area contributed by atoms with Crippen LogP contribution in [-0.4, -0.2) is 34.7 Å². The third kappa shape index (κ3) is 4.89. The Kier molecular flexibility index (Phi) is 5.87. The van der Waals surface area contributed by atoms with E-state index in [1.54, 1.807) is 30.6 Å². The molecule has 1 aromatic heterocycles. The fourth-order valence-electron chi connectivity index (χ4n) is 2.12. The zero-order chi connectivity index (χ0) is 16.8. The molecule has 0 saturated carbocycles. The predicted molar refractivity (Wildman–Crippen MR) is 88.7 cm³/mol. The Hall–Kier alpha value is -2.21. The van der Waals surface area contributed by atoms with E-state index in [2.05, 4.69) is 0 Å². The molecule has 0 unspecified atom stereocenters. The van der Waals surface area contributed by atoms with Gasteiger partial charge in [0.2, 0.25) is 5.91 Å². The van der Waals surface area contributed by atoms with E-state index in [9.17, 15) is 9.59 Å². The smallest absolute Gasteiger partial charge is 0.339 e. The van der Waals surface area contributed by atoms with E-state index in [4.69, 9.17) is 9.52 Å². The number of amides is 1. The molecule has 0 aliphatic rings. The molecule has 0 bridgehead atoms. The van der Waals surface area contributed by atoms with Crippen LogP contribution in [0.5, 0.6) is 0 Å². The number of aryl methyl sites for hydroxylation is 1. The van der Waals surface area contributed by atoms with Gasteiger partial charge in [-0.2, -0.15) is 0 Å². The zero-order valence-electron chi connectivity index (χ0n) is 13.1. The molecule has 0 fully saturated rings. The van der Waals surface area contributed by atoms with Crippen molar-refractivity contribution in [1.29, 1.82) is 0 Å². The minimum atomic E-state index is -1.02. The molecule has 0 aliphatic carbocycles. The lowest BCUT2D eigenvalue weighted by molar-refractivity contribution is -0.130. The summed E-state index contributed by atoms with van der Waals surface area (Å²) in [7, 11) is 1.69. The molecule has 0 radical (unpaired) electrons. The van der Waals surface area contributed by atoms with Crippen molar-refractivity contribution in [1.82, 2.24) is 4.90 Å². The number of thioether (sulfide) groups is 1. The van der Waals surface area contributed by atoms with E-state index in [0.29, 0.717) is 23.7 Å². The summed E-state index contributed by atoms with van der Waals surface area (Å²) >= 11 is 1.63. The Morgan fingerprint density at radius 2 is 1.96 bits per heavy atom. The maximum atomic E-state index is 12.1. The highest BCUT2D eigenvalue weighted by Crippen LogP contribution is 2.19. The third-order valence-electron chi connectivity index (χ3n) is 3.35. The largest absolute Gasteiger partial charge is 0.478 e. The first-order valence-electron chi connectivity index (χ1n) is 7.22. The fraction of sp³-hybridized carbons (Fsp3) is 0.294. The first-order chi connectivity index (χ1) is 11.0. The van der Waals surface area contributed by atoms with Gasteiger partial charge in [0, 0.05) is 24.1 Å². The Balaban J connectivity index is 1.83. The second-order valence-corrected chi connectivity index (χ2v) is 6.32. The Labute approximate surface area is 139 Å². The van der Waals surface area contributed by atoms with Crippen LogP contribution in [0.3, 0.4) is 0 Å². The van der Waals surface area contributed by atoms with Crippen LogP contribution in [0.15, 0.2) is 45.7 Å². The van der Waals surface area contributed by atoms with Crippen LogP contribution in [0.2, 0.25) is 0 Å². The number of hydrogen-bond acceptors (Lipinski definition) is 4. The van der Waals surface area contributed by atoms with E-state index in [1.165, 1.54) is 6.07 Å². The Morgan fingerprint density at radius 1 is 1.26 bits per heavy atom. The number of hydrogen-bond donors (Lipinski definition) is 1. The lowest BCUT2D eigenvalue weighted by Crippen LogP contribution is -2.26. The van der Waals surface area contributed by atoms with E-state index in [0.717, 1.165) is 4.90 Å². The molecule has 1 N–H and O–H groups in total. The van der Waals surface area contributed by atoms with Crippen LogP contribution in [-0.2, 0) is 11.3 Å². The summed E-state index contributed by atoms with van der Waals surface area (Å²) in [5, 5.41) is 9.00. The van der Waals surface area contributed by atoms with Crippen molar-refractivity contribution in [2.24, 2.45) is 0 Å². The average molecular weight is 333 g/mol. The van der Waals surface area contributed by atoms with E-state index in [-0.39, 0.29) is 18.0 Å². The molecule has 0 atom stereocenters. The number of carboxylic acids is 1. The molecule has 122 valence electrons. The highest BCUT2D eigenvalue weighted by atomic mass is 32.2. The van der Waals surface area contributed by atoms with Crippen molar-refractivity contribution < 1.29 is 19.1 Å². The number of benzene rings is 1. The monoisotopic (exact) mass is 333 g/mol. The second-order valence-electron chi connectivity index (χ2n) is 5.15. The molecule has 5 nitrogen and oxygen atoms in total. The number of furan rings is 1. The van der Waals surface area contributed by atoms with Crippen molar-refractivity contribution in [2.75, 3.05) is 12.8 Å². The summed E-state index contributed by atoms with van der Waals surface area (Å²) in [6, 6.07) is 11.4. The highest BCUT2D eigenvalue weighted by molar-refractivity contribution is 7.99. The van der Waals surface area contributed by atoms with Crippen LogP contribution in [0.4, 0.5) is 0 Å². The van der Waals surface area contributed by atoms with Crippen LogP contribution >= 0.6 is 11.8 Å². The SMILES string of the molecule is Cc1oc(CN(C)C(=O)CCSc2ccccc2)cc1C(=O)O. The normalized spacial score (nSPS) is 10.5. The number of nitrogens with zero attached hydrogens (tertiary/aromatic N) is 1. The fourth-order valence-corrected chi connectivity index (χ4v) is 2.98. The van der Waals surface area contributed by atoms with Crippen LogP contribution in [0.1, 0.15) is 28.3 Å². The zero-order valence-corrected chi connectivity index (χ0v) is 13.9. The van der Waals surface area contributed by atoms with Crippen molar-refractivity contribution in [3.63, 3.8) is 0 Å². The second kappa shape index (κ2) is 7.87. The molecule has 2 aromatic rings. The molecule has 23 heavy (non-hydrogen) atoms. The van der Waals surface area contributed by atoms with Crippen molar-refractivity contribution in [3.8, 4) is 0 Å². The highest BCUT2D eigenvalue weighted by Gasteiger charge is 2.16. The summed E-state index contributed by atoms with van der Waals surface area (Å²) in [5.74, 6) is 0.509. The van der Waals surface area contributed by atoms with Crippen LogP contribution < -0.4 is 0 Å². The average Bonchev–Trinajstić information content (AvgIpc) is 2.89. The predicted octanol–water partition coefficient (Wildman–Crippen LogP) is 3.43. The standard InChI is InChI=1S/C17H19NO4S/c1-12-15(17(20)21)10-13(22-12)11-18(2)16(19)8-9-23-14-6-4-3-5-7-14/h3-7,10H,8-9,11H2,1-2H3,(H,20,21). The van der Waals surface area contributed by atoms with Gasteiger partial charge in [-0.25, -0.2) is 4.79 Å². The summed E-state index contributed by atoms with van der Waals surface area (Å²) in [6.45, 7) is 1.87. The van der Waals surface area contributed by atoms with Gasteiger partial charge in [-0.1, -0.05) is 18.2 Å². The number of rotatable bonds is 7. The summed E-state index contributed by atoms with van der Waals surface area (Å²) < 4.78 is 5.39. The van der Waals surface area contributed by atoms with E-state index in [1.807, 2.05) is 30.3 Å². The van der Waals surface area contributed by atoms with Gasteiger partial charge in [0.15, 0.2) is 0 Å². The molecule has 1 heterocycles. The quantitative estimate of drug-likeness (QED) is 0.786. The molecule has 2 rings (SSSR count). The van der Waals surface area contributed by atoms with Crippen molar-refractivity contribution in [2.45, 2.75) is 24.8 Å². The summed E-state index contributed by atoms with van der Waals surface area (Å²) in [4.78, 5) is 25.8. The van der Waals surface area contributed by atoms with Gasteiger partial charge < -0.3 is 14.4 Å². The lowest BCUT2D eigenvalue weighted by atomic mass is 10.2.